The maximum absolute atomic E-state index is 13.4. The molecule has 3 aromatic heterocycles. The number of hydrogen-bond donors (Lipinski definition) is 2. The number of fused-ring (bicyclic) bond motifs is 8. The summed E-state index contributed by atoms with van der Waals surface area (Å²) in [5.74, 6) is -1.46. The highest BCUT2D eigenvalue weighted by Crippen LogP contribution is 2.43. The average molecular weight is 641 g/mol. The maximum atomic E-state index is 13.4. The van der Waals surface area contributed by atoms with Crippen LogP contribution >= 0.6 is 0 Å². The number of aromatic nitrogens is 4. The fraction of sp³-hybridized carbons (Fsp3) is 0.432. The number of aromatic amines is 2. The van der Waals surface area contributed by atoms with Gasteiger partial charge in [-0.1, -0.05) is 33.4 Å². The highest BCUT2D eigenvalue weighted by atomic mass is 16.5. The number of H-pyrrole nitrogens is 2. The molecule has 47 heavy (non-hydrogen) atoms. The lowest BCUT2D eigenvalue weighted by Crippen LogP contribution is -2.13. The van der Waals surface area contributed by atoms with Gasteiger partial charge in [-0.3, -0.25) is 19.6 Å². The van der Waals surface area contributed by atoms with Gasteiger partial charge in [0.1, 0.15) is 0 Å². The molecule has 2 N–H and O–H groups in total. The van der Waals surface area contributed by atoms with Gasteiger partial charge < -0.3 is 24.2 Å². The van der Waals surface area contributed by atoms with Crippen LogP contribution in [0.2, 0.25) is 0 Å². The van der Waals surface area contributed by atoms with Crippen molar-refractivity contribution in [2.75, 3.05) is 21.3 Å². The molecule has 0 aliphatic carbocycles. The molecule has 248 valence electrons. The van der Waals surface area contributed by atoms with Crippen molar-refractivity contribution in [2.24, 2.45) is 0 Å². The van der Waals surface area contributed by atoms with Crippen LogP contribution in [0.3, 0.4) is 0 Å². The summed E-state index contributed by atoms with van der Waals surface area (Å²) >= 11 is 0. The lowest BCUT2D eigenvalue weighted by atomic mass is 9.85. The Bertz CT molecular complexity index is 1920. The molecular weight excluding hydrogens is 596 g/mol. The van der Waals surface area contributed by atoms with Crippen LogP contribution < -0.4 is 0 Å². The van der Waals surface area contributed by atoms with Crippen LogP contribution in [0.4, 0.5) is 0 Å². The molecule has 4 atom stereocenters. The number of nitrogens with zero attached hydrogens (tertiary/aromatic N) is 2. The maximum Gasteiger partial charge on any atom is 0.340 e. The first kappa shape index (κ1) is 33.6. The van der Waals surface area contributed by atoms with Crippen molar-refractivity contribution in [1.82, 2.24) is 19.9 Å². The van der Waals surface area contributed by atoms with E-state index in [9.17, 15) is 14.4 Å². The molecule has 2 unspecified atom stereocenters. The Kier molecular flexibility index (Phi) is 9.70. The molecule has 0 amide bonds. The van der Waals surface area contributed by atoms with Crippen LogP contribution in [0.25, 0.3) is 28.1 Å². The second kappa shape index (κ2) is 13.6. The van der Waals surface area contributed by atoms with Gasteiger partial charge in [0, 0.05) is 74.9 Å². The van der Waals surface area contributed by atoms with Crippen LogP contribution in [0, 0.1) is 13.8 Å². The van der Waals surface area contributed by atoms with Crippen molar-refractivity contribution in [3.05, 3.63) is 75.4 Å². The molecule has 2 aliphatic heterocycles. The summed E-state index contributed by atoms with van der Waals surface area (Å²) in [7, 11) is 4.03. The van der Waals surface area contributed by atoms with E-state index in [-0.39, 0.29) is 42.5 Å². The van der Waals surface area contributed by atoms with Gasteiger partial charge in [0.05, 0.1) is 44.5 Å². The molecule has 3 aromatic rings. The van der Waals surface area contributed by atoms with Crippen molar-refractivity contribution < 1.29 is 28.6 Å². The van der Waals surface area contributed by atoms with Gasteiger partial charge >= 0.3 is 17.9 Å². The minimum Gasteiger partial charge on any atom is -0.469 e. The number of carbonyl (C=O) groups is 3. The van der Waals surface area contributed by atoms with E-state index < -0.39 is 11.9 Å². The number of rotatable bonds is 8. The number of methoxy groups -OCH3 is 3. The summed E-state index contributed by atoms with van der Waals surface area (Å²) in [6.45, 7) is 14.4. The molecule has 0 saturated carbocycles. The van der Waals surface area contributed by atoms with Crippen molar-refractivity contribution in [3.63, 3.8) is 0 Å². The SMILES string of the molecule is C=Cc1c(C)c2cc3nc(c(CC(=O)OC)c4[nH]c(cc5nc(cc1[nH]2)C(C)C5CC)c(C)c4C(=O)OC)[C@H](CCC(=O)OC)[C@H]3C. The highest BCUT2D eigenvalue weighted by molar-refractivity contribution is 6.03. The molecule has 0 saturated heterocycles. The van der Waals surface area contributed by atoms with E-state index in [1.807, 2.05) is 32.1 Å². The third-order valence-corrected chi connectivity index (χ3v) is 9.99. The molecule has 5 rings (SSSR count). The van der Waals surface area contributed by atoms with Crippen molar-refractivity contribution in [2.45, 2.75) is 84.0 Å². The first-order valence-corrected chi connectivity index (χ1v) is 16.1. The summed E-state index contributed by atoms with van der Waals surface area (Å²) in [5, 5.41) is 0. The Morgan fingerprint density at radius 2 is 1.45 bits per heavy atom. The van der Waals surface area contributed by atoms with Crippen LogP contribution in [-0.2, 0) is 30.2 Å². The monoisotopic (exact) mass is 640 g/mol. The van der Waals surface area contributed by atoms with E-state index in [2.05, 4.69) is 43.4 Å². The number of carbonyl (C=O) groups excluding carboxylic acids is 3. The average Bonchev–Trinajstić information content (AvgIpc) is 3.74. The first-order chi connectivity index (χ1) is 22.5. The van der Waals surface area contributed by atoms with Gasteiger partial charge in [0.2, 0.25) is 0 Å². The zero-order valence-corrected chi connectivity index (χ0v) is 28.5. The summed E-state index contributed by atoms with van der Waals surface area (Å²) in [5.41, 5.74) is 9.69. The zero-order chi connectivity index (χ0) is 34.2. The van der Waals surface area contributed by atoms with Crippen LogP contribution in [-0.4, -0.2) is 59.2 Å². The number of nitrogens with one attached hydrogen (secondary N) is 2. The van der Waals surface area contributed by atoms with Gasteiger partial charge in [-0.2, -0.15) is 0 Å². The molecule has 10 heteroatoms. The molecule has 10 nitrogen and oxygen atoms in total. The number of hydrogen-bond acceptors (Lipinski definition) is 8. The van der Waals surface area contributed by atoms with Gasteiger partial charge in [-0.25, -0.2) is 4.79 Å². The minimum absolute atomic E-state index is 0.134. The minimum atomic E-state index is -0.539. The third kappa shape index (κ3) is 6.08. The van der Waals surface area contributed by atoms with E-state index in [0.29, 0.717) is 39.8 Å². The second-order valence-electron chi connectivity index (χ2n) is 12.5. The Morgan fingerprint density at radius 3 is 2.09 bits per heavy atom. The predicted octanol–water partition coefficient (Wildman–Crippen LogP) is 7.21. The summed E-state index contributed by atoms with van der Waals surface area (Å²) < 4.78 is 15.4. The fourth-order valence-electron chi connectivity index (χ4n) is 7.13. The normalized spacial score (nSPS) is 18.9. The molecule has 0 spiro atoms. The highest BCUT2D eigenvalue weighted by Gasteiger charge is 2.34. The molecule has 8 bridgehead atoms. The number of esters is 3. The molecule has 0 radical (unpaired) electrons. The smallest absolute Gasteiger partial charge is 0.340 e. The molecule has 5 heterocycles. The van der Waals surface area contributed by atoms with E-state index in [1.165, 1.54) is 21.3 Å². The van der Waals surface area contributed by atoms with E-state index in [1.54, 1.807) is 0 Å². The van der Waals surface area contributed by atoms with Crippen molar-refractivity contribution in [1.29, 1.82) is 0 Å². The fourth-order valence-corrected chi connectivity index (χ4v) is 7.13. The standard InChI is InChI=1S/C37H44N4O6/c1-10-22-18(3)26-15-28-20(5)24(12-13-32(42)45-7)35(40-28)25(14-33(43)46-8)36-34(37(44)47-9)21(6)29(41-36)17-31-23(11-2)19(4)27(39-31)16-30(22)38-26/h10,15-17,19-20,23-24,38,41H,1,11-14H2,2-9H3/t19?,20-,23?,24-/m1/s1. The third-order valence-electron chi connectivity index (χ3n) is 9.99. The number of aryl methyl sites for hydroxylation is 2. The summed E-state index contributed by atoms with van der Waals surface area (Å²) in [6.07, 6.45) is 3.16. The number of ether oxygens (including phenoxy) is 3. The lowest BCUT2D eigenvalue weighted by Gasteiger charge is -2.17. The zero-order valence-electron chi connectivity index (χ0n) is 28.5. The summed E-state index contributed by atoms with van der Waals surface area (Å²) in [6, 6.07) is 6.13. The van der Waals surface area contributed by atoms with Crippen LogP contribution in [0.1, 0.15) is 119 Å². The topological polar surface area (TPSA) is 136 Å². The van der Waals surface area contributed by atoms with Crippen molar-refractivity contribution >= 4 is 46.1 Å². The quantitative estimate of drug-likeness (QED) is 0.195. The molecular formula is C37H44N4O6. The Morgan fingerprint density at radius 1 is 0.830 bits per heavy atom. The second-order valence-corrected chi connectivity index (χ2v) is 12.5. The molecule has 0 fully saturated rings. The molecule has 2 aliphatic rings. The predicted molar refractivity (Wildman–Crippen MR) is 181 cm³/mol. The Balaban J connectivity index is 2.01. The van der Waals surface area contributed by atoms with Crippen molar-refractivity contribution in [3.8, 4) is 0 Å². The first-order valence-electron chi connectivity index (χ1n) is 16.1. The lowest BCUT2D eigenvalue weighted by molar-refractivity contribution is -0.141. The van der Waals surface area contributed by atoms with Crippen LogP contribution in [0.15, 0.2) is 24.8 Å². The van der Waals surface area contributed by atoms with Crippen LogP contribution in [0.5, 0.6) is 0 Å². The summed E-state index contributed by atoms with van der Waals surface area (Å²) in [4.78, 5) is 56.2. The van der Waals surface area contributed by atoms with Gasteiger partial charge in [0.15, 0.2) is 0 Å². The largest absolute Gasteiger partial charge is 0.469 e. The van der Waals surface area contributed by atoms with E-state index >= 15 is 0 Å². The molecule has 0 aromatic carbocycles. The van der Waals surface area contributed by atoms with Gasteiger partial charge in [0.25, 0.3) is 0 Å². The Hall–Kier alpha value is -4.73. The van der Waals surface area contributed by atoms with Gasteiger partial charge in [-0.05, 0) is 56.0 Å². The Labute approximate surface area is 275 Å². The van der Waals surface area contributed by atoms with E-state index in [4.69, 9.17) is 24.2 Å². The van der Waals surface area contributed by atoms with E-state index in [0.717, 1.165) is 45.7 Å². The van der Waals surface area contributed by atoms with Gasteiger partial charge in [-0.15, -0.1) is 0 Å².